The van der Waals surface area contributed by atoms with Crippen LogP contribution in [0.5, 0.6) is 0 Å². The Balaban J connectivity index is 2.28. The van der Waals surface area contributed by atoms with Gasteiger partial charge in [-0.3, -0.25) is 13.9 Å². The monoisotopic (exact) mass is 423 g/mol. The molecule has 0 aliphatic rings. The second-order valence-corrected chi connectivity index (χ2v) is 8.51. The Bertz CT molecular complexity index is 961. The predicted molar refractivity (Wildman–Crippen MR) is 112 cm³/mol. The van der Waals surface area contributed by atoms with Gasteiger partial charge >= 0.3 is 0 Å². The van der Waals surface area contributed by atoms with Crippen molar-refractivity contribution in [3.8, 4) is 0 Å². The van der Waals surface area contributed by atoms with Crippen molar-refractivity contribution in [3.63, 3.8) is 0 Å². The normalized spacial score (nSPS) is 12.1. The second kappa shape index (κ2) is 9.07. The Kier molecular flexibility index (Phi) is 7.04. The van der Waals surface area contributed by atoms with Crippen molar-refractivity contribution in [1.82, 2.24) is 0 Å². The smallest absolute Gasteiger partial charge is 0.248 e. The van der Waals surface area contributed by atoms with Gasteiger partial charge in [-0.25, -0.2) is 8.42 Å². The highest BCUT2D eigenvalue weighted by Gasteiger charge is 2.31. The lowest BCUT2D eigenvalue weighted by Crippen LogP contribution is -2.47. The van der Waals surface area contributed by atoms with E-state index in [1.54, 1.807) is 49.4 Å². The van der Waals surface area contributed by atoms with Gasteiger partial charge in [-0.2, -0.15) is 0 Å². The number of hydrogen-bond acceptors (Lipinski definition) is 4. The lowest BCUT2D eigenvalue weighted by molar-refractivity contribution is -0.117. The maximum Gasteiger partial charge on any atom is 0.248 e. The van der Waals surface area contributed by atoms with Crippen LogP contribution in [0.1, 0.15) is 20.3 Å². The molecule has 0 aliphatic carbocycles. The fourth-order valence-corrected chi connectivity index (χ4v) is 4.13. The molecule has 2 rings (SSSR count). The molecule has 2 aromatic rings. The number of nitrogens with one attached hydrogen (secondary N) is 2. The van der Waals surface area contributed by atoms with E-state index in [9.17, 15) is 18.0 Å². The highest BCUT2D eigenvalue weighted by Crippen LogP contribution is 2.26. The molecule has 0 radical (unpaired) electrons. The van der Waals surface area contributed by atoms with Crippen molar-refractivity contribution in [2.75, 3.05) is 21.2 Å². The fraction of sp³-hybridized carbons (Fsp3) is 0.263. The Hall–Kier alpha value is -2.58. The molecule has 2 amide bonds. The van der Waals surface area contributed by atoms with Gasteiger partial charge in [0.25, 0.3) is 0 Å². The second-order valence-electron chi connectivity index (χ2n) is 6.21. The zero-order valence-corrected chi connectivity index (χ0v) is 17.3. The first-order valence-corrected chi connectivity index (χ1v) is 10.8. The summed E-state index contributed by atoms with van der Waals surface area (Å²) < 4.78 is 25.9. The standard InChI is InChI=1S/C19H22ClN3O4S/c1-4-18(23(28(3,26)27)17-7-5-6-14(20)12-17)19(25)22-16-10-8-15(9-11-16)21-13(2)24/h5-12,18H,4H2,1-3H3,(H,21,24)(H,22,25)/t18-/m1/s1. The fourth-order valence-electron chi connectivity index (χ4n) is 2.74. The molecule has 2 N–H and O–H groups in total. The topological polar surface area (TPSA) is 95.6 Å². The van der Waals surface area contributed by atoms with E-state index in [0.717, 1.165) is 10.6 Å². The van der Waals surface area contributed by atoms with Crippen LogP contribution in [-0.2, 0) is 19.6 Å². The molecule has 0 aromatic heterocycles. The molecule has 28 heavy (non-hydrogen) atoms. The molecule has 0 saturated heterocycles. The van der Waals surface area contributed by atoms with Gasteiger partial charge in [-0.05, 0) is 48.9 Å². The van der Waals surface area contributed by atoms with Gasteiger partial charge in [-0.1, -0.05) is 24.6 Å². The highest BCUT2D eigenvalue weighted by atomic mass is 35.5. The van der Waals surface area contributed by atoms with Gasteiger partial charge in [0.1, 0.15) is 6.04 Å². The maximum atomic E-state index is 12.8. The van der Waals surface area contributed by atoms with E-state index in [2.05, 4.69) is 10.6 Å². The number of halogens is 1. The Morgan fingerprint density at radius 2 is 1.64 bits per heavy atom. The molecule has 0 spiro atoms. The zero-order chi connectivity index (χ0) is 20.9. The summed E-state index contributed by atoms with van der Waals surface area (Å²) in [5, 5.41) is 5.72. The van der Waals surface area contributed by atoms with Gasteiger partial charge in [0, 0.05) is 23.3 Å². The van der Waals surface area contributed by atoms with Crippen LogP contribution in [0.15, 0.2) is 48.5 Å². The predicted octanol–water partition coefficient (Wildman–Crippen LogP) is 3.48. The van der Waals surface area contributed by atoms with Gasteiger partial charge in [-0.15, -0.1) is 0 Å². The first-order valence-electron chi connectivity index (χ1n) is 8.55. The zero-order valence-electron chi connectivity index (χ0n) is 15.8. The van der Waals surface area contributed by atoms with E-state index >= 15 is 0 Å². The minimum atomic E-state index is -3.74. The minimum absolute atomic E-state index is 0.201. The van der Waals surface area contributed by atoms with E-state index in [1.807, 2.05) is 0 Å². The molecule has 150 valence electrons. The number of hydrogen-bond donors (Lipinski definition) is 2. The molecule has 0 fully saturated rings. The number of nitrogens with zero attached hydrogens (tertiary/aromatic N) is 1. The van der Waals surface area contributed by atoms with Crippen LogP contribution in [0.25, 0.3) is 0 Å². The van der Waals surface area contributed by atoms with Crippen molar-refractivity contribution >= 4 is 50.5 Å². The van der Waals surface area contributed by atoms with E-state index in [4.69, 9.17) is 11.6 Å². The van der Waals surface area contributed by atoms with Crippen molar-refractivity contribution in [2.45, 2.75) is 26.3 Å². The van der Waals surface area contributed by atoms with Gasteiger partial charge in [0.2, 0.25) is 21.8 Å². The number of carbonyl (C=O) groups is 2. The largest absolute Gasteiger partial charge is 0.326 e. The Labute approximate surface area is 169 Å². The summed E-state index contributed by atoms with van der Waals surface area (Å²) in [5.41, 5.74) is 1.39. The Morgan fingerprint density at radius 1 is 1.07 bits per heavy atom. The van der Waals surface area contributed by atoms with Gasteiger partial charge in [0.15, 0.2) is 0 Å². The molecule has 0 aliphatic heterocycles. The third-order valence-electron chi connectivity index (χ3n) is 3.87. The van der Waals surface area contributed by atoms with E-state index in [1.165, 1.54) is 13.0 Å². The van der Waals surface area contributed by atoms with Crippen molar-refractivity contribution in [3.05, 3.63) is 53.6 Å². The number of carbonyl (C=O) groups excluding carboxylic acids is 2. The molecule has 9 heteroatoms. The summed E-state index contributed by atoms with van der Waals surface area (Å²) in [6.07, 6.45) is 1.31. The van der Waals surface area contributed by atoms with E-state index < -0.39 is 22.0 Å². The van der Waals surface area contributed by atoms with Crippen molar-refractivity contribution < 1.29 is 18.0 Å². The first-order chi connectivity index (χ1) is 13.1. The maximum absolute atomic E-state index is 12.8. The van der Waals surface area contributed by atoms with Crippen LogP contribution in [-0.4, -0.2) is 32.5 Å². The Morgan fingerprint density at radius 3 is 2.11 bits per heavy atom. The summed E-state index contributed by atoms with van der Waals surface area (Å²) in [4.78, 5) is 23.9. The number of sulfonamides is 1. The molecule has 1 atom stereocenters. The molecular formula is C19H22ClN3O4S. The first kappa shape index (κ1) is 21.7. The third-order valence-corrected chi connectivity index (χ3v) is 5.28. The summed E-state index contributed by atoms with van der Waals surface area (Å²) >= 11 is 6.00. The highest BCUT2D eigenvalue weighted by molar-refractivity contribution is 7.92. The van der Waals surface area contributed by atoms with Crippen LogP contribution < -0.4 is 14.9 Å². The quantitative estimate of drug-likeness (QED) is 0.712. The third kappa shape index (κ3) is 5.71. The average Bonchev–Trinajstić information content (AvgIpc) is 2.59. The van der Waals surface area contributed by atoms with Gasteiger partial charge in [0.05, 0.1) is 11.9 Å². The van der Waals surface area contributed by atoms with E-state index in [0.29, 0.717) is 22.1 Å². The lowest BCUT2D eigenvalue weighted by atomic mass is 10.1. The van der Waals surface area contributed by atoms with Crippen LogP contribution in [0.4, 0.5) is 17.1 Å². The lowest BCUT2D eigenvalue weighted by Gasteiger charge is -2.30. The molecule has 7 nitrogen and oxygen atoms in total. The molecule has 2 aromatic carbocycles. The molecule has 0 saturated carbocycles. The SMILES string of the molecule is CC[C@H](C(=O)Nc1ccc(NC(C)=O)cc1)N(c1cccc(Cl)c1)S(C)(=O)=O. The number of anilines is 3. The summed E-state index contributed by atoms with van der Waals surface area (Å²) in [6, 6.07) is 11.9. The number of benzene rings is 2. The summed E-state index contributed by atoms with van der Waals surface area (Å²) in [7, 11) is -3.74. The molecule has 0 bridgehead atoms. The van der Waals surface area contributed by atoms with Crippen LogP contribution in [0.3, 0.4) is 0 Å². The van der Waals surface area contributed by atoms with Crippen LogP contribution in [0.2, 0.25) is 5.02 Å². The number of rotatable bonds is 7. The molecule has 0 unspecified atom stereocenters. The van der Waals surface area contributed by atoms with Gasteiger partial charge < -0.3 is 10.6 Å². The molecule has 0 heterocycles. The van der Waals surface area contributed by atoms with Crippen LogP contribution >= 0.6 is 11.6 Å². The van der Waals surface area contributed by atoms with E-state index in [-0.39, 0.29) is 12.3 Å². The van der Waals surface area contributed by atoms with Crippen LogP contribution in [0, 0.1) is 0 Å². The average molecular weight is 424 g/mol. The number of amides is 2. The minimum Gasteiger partial charge on any atom is -0.326 e. The summed E-state index contributed by atoms with van der Waals surface area (Å²) in [6.45, 7) is 3.13. The molecular weight excluding hydrogens is 402 g/mol. The summed E-state index contributed by atoms with van der Waals surface area (Å²) in [5.74, 6) is -0.673. The van der Waals surface area contributed by atoms with Crippen molar-refractivity contribution in [2.24, 2.45) is 0 Å². The van der Waals surface area contributed by atoms with Crippen molar-refractivity contribution in [1.29, 1.82) is 0 Å².